The number of fused-ring (bicyclic) bond motifs is 1. The molecule has 0 N–H and O–H groups in total. The van der Waals surface area contributed by atoms with Gasteiger partial charge in [0.15, 0.2) is 0 Å². The predicted molar refractivity (Wildman–Crippen MR) is 86.5 cm³/mol. The van der Waals surface area contributed by atoms with Crippen molar-refractivity contribution < 1.29 is 9.53 Å². The van der Waals surface area contributed by atoms with E-state index in [9.17, 15) is 9.59 Å². The van der Waals surface area contributed by atoms with Crippen LogP contribution in [-0.2, 0) is 11.3 Å². The summed E-state index contributed by atoms with van der Waals surface area (Å²) in [6.07, 6.45) is 1.73. The third kappa shape index (κ3) is 3.29. The quantitative estimate of drug-likeness (QED) is 0.698. The lowest BCUT2D eigenvalue weighted by Crippen LogP contribution is -2.16. The van der Waals surface area contributed by atoms with E-state index in [0.717, 1.165) is 11.1 Å². The zero-order valence-electron chi connectivity index (χ0n) is 12.9. The molecule has 0 amide bonds. The van der Waals surface area contributed by atoms with Gasteiger partial charge in [0.2, 0.25) is 0 Å². The van der Waals surface area contributed by atoms with Crippen LogP contribution in [0, 0.1) is 13.8 Å². The number of aryl methyl sites for hydroxylation is 2. The zero-order chi connectivity index (χ0) is 16.4. The summed E-state index contributed by atoms with van der Waals surface area (Å²) in [6, 6.07) is 12.1. The van der Waals surface area contributed by atoms with E-state index in [4.69, 9.17) is 4.74 Å². The molecular formula is C18H16N2O3. The number of carbonyl (C=O) groups is 1. The molecule has 5 nitrogen and oxygen atoms in total. The van der Waals surface area contributed by atoms with Crippen LogP contribution in [0.15, 0.2) is 53.5 Å². The molecule has 0 saturated heterocycles. The number of hydrogen-bond donors (Lipinski definition) is 0. The summed E-state index contributed by atoms with van der Waals surface area (Å²) in [5, 5.41) is 0. The van der Waals surface area contributed by atoms with Crippen LogP contribution in [0.5, 0.6) is 0 Å². The number of aromatic nitrogens is 2. The first kappa shape index (κ1) is 15.0. The summed E-state index contributed by atoms with van der Waals surface area (Å²) in [4.78, 5) is 28.4. The number of esters is 1. The van der Waals surface area contributed by atoms with Crippen molar-refractivity contribution in [1.29, 1.82) is 0 Å². The van der Waals surface area contributed by atoms with Crippen molar-refractivity contribution in [3.05, 3.63) is 81.4 Å². The van der Waals surface area contributed by atoms with Gasteiger partial charge in [-0.1, -0.05) is 23.8 Å². The zero-order valence-corrected chi connectivity index (χ0v) is 12.9. The van der Waals surface area contributed by atoms with E-state index in [-0.39, 0.29) is 12.2 Å². The summed E-state index contributed by atoms with van der Waals surface area (Å²) in [5.41, 5.74) is 3.29. The van der Waals surface area contributed by atoms with Crippen LogP contribution >= 0.6 is 0 Å². The van der Waals surface area contributed by atoms with Crippen molar-refractivity contribution in [2.75, 3.05) is 0 Å². The molecule has 1 aromatic carbocycles. The van der Waals surface area contributed by atoms with Gasteiger partial charge in [-0.15, -0.1) is 0 Å². The van der Waals surface area contributed by atoms with Crippen molar-refractivity contribution in [3.63, 3.8) is 0 Å². The molecule has 116 valence electrons. The maximum absolute atomic E-state index is 12.1. The maximum Gasteiger partial charge on any atom is 0.338 e. The minimum absolute atomic E-state index is 0.0354. The second-order valence-electron chi connectivity index (χ2n) is 5.46. The van der Waals surface area contributed by atoms with Crippen molar-refractivity contribution >= 4 is 11.6 Å². The molecule has 0 bridgehead atoms. The maximum atomic E-state index is 12.1. The normalized spacial score (nSPS) is 10.7. The molecule has 0 aliphatic rings. The van der Waals surface area contributed by atoms with Crippen LogP contribution < -0.4 is 5.56 Å². The first-order chi connectivity index (χ1) is 11.0. The van der Waals surface area contributed by atoms with E-state index in [1.165, 1.54) is 10.5 Å². The molecular weight excluding hydrogens is 292 g/mol. The van der Waals surface area contributed by atoms with Crippen LogP contribution in [0.1, 0.15) is 27.2 Å². The van der Waals surface area contributed by atoms with E-state index >= 15 is 0 Å². The van der Waals surface area contributed by atoms with Gasteiger partial charge >= 0.3 is 5.97 Å². The van der Waals surface area contributed by atoms with E-state index in [1.54, 1.807) is 24.4 Å². The van der Waals surface area contributed by atoms with Gasteiger partial charge in [-0.3, -0.25) is 9.20 Å². The number of rotatable bonds is 3. The van der Waals surface area contributed by atoms with Gasteiger partial charge in [0.25, 0.3) is 5.56 Å². The van der Waals surface area contributed by atoms with Gasteiger partial charge in [0, 0.05) is 12.3 Å². The lowest BCUT2D eigenvalue weighted by Gasteiger charge is -2.07. The van der Waals surface area contributed by atoms with Crippen LogP contribution in [0.25, 0.3) is 5.65 Å². The largest absolute Gasteiger partial charge is 0.456 e. The Morgan fingerprint density at radius 2 is 1.78 bits per heavy atom. The highest BCUT2D eigenvalue weighted by molar-refractivity contribution is 5.89. The molecule has 2 aromatic heterocycles. The van der Waals surface area contributed by atoms with Crippen LogP contribution in [-0.4, -0.2) is 15.4 Å². The smallest absolute Gasteiger partial charge is 0.338 e. The number of pyridine rings is 1. The molecule has 0 unspecified atom stereocenters. The molecule has 5 heteroatoms. The highest BCUT2D eigenvalue weighted by Gasteiger charge is 2.09. The Morgan fingerprint density at radius 1 is 1.09 bits per heavy atom. The average Bonchev–Trinajstić information content (AvgIpc) is 2.54. The number of nitrogens with zero attached hydrogens (tertiary/aromatic N) is 2. The Kier molecular flexibility index (Phi) is 3.93. The Balaban J connectivity index is 1.79. The van der Waals surface area contributed by atoms with E-state index in [1.807, 2.05) is 32.0 Å². The Labute approximate surface area is 133 Å². The second kappa shape index (κ2) is 6.04. The van der Waals surface area contributed by atoms with E-state index < -0.39 is 5.97 Å². The summed E-state index contributed by atoms with van der Waals surface area (Å²) in [5.74, 6) is -0.434. The fourth-order valence-electron chi connectivity index (χ4n) is 2.24. The van der Waals surface area contributed by atoms with Crippen molar-refractivity contribution in [1.82, 2.24) is 9.38 Å². The topological polar surface area (TPSA) is 60.7 Å². The Bertz CT molecular complexity index is 927. The van der Waals surface area contributed by atoms with Gasteiger partial charge in [0.05, 0.1) is 11.3 Å². The summed E-state index contributed by atoms with van der Waals surface area (Å²) in [6.45, 7) is 3.82. The lowest BCUT2D eigenvalue weighted by atomic mass is 10.1. The highest BCUT2D eigenvalue weighted by atomic mass is 16.5. The monoisotopic (exact) mass is 308 g/mol. The number of carbonyl (C=O) groups excluding carboxylic acids is 1. The first-order valence-corrected chi connectivity index (χ1v) is 7.26. The van der Waals surface area contributed by atoms with E-state index in [2.05, 4.69) is 4.98 Å². The first-order valence-electron chi connectivity index (χ1n) is 7.26. The fraction of sp³-hybridized carbons (Fsp3) is 0.167. The second-order valence-corrected chi connectivity index (χ2v) is 5.46. The molecule has 0 spiro atoms. The number of hydrogen-bond acceptors (Lipinski definition) is 4. The van der Waals surface area contributed by atoms with Gasteiger partial charge in [-0.2, -0.15) is 0 Å². The molecule has 0 radical (unpaired) electrons. The van der Waals surface area contributed by atoms with Crippen LogP contribution in [0.3, 0.4) is 0 Å². The van der Waals surface area contributed by atoms with E-state index in [0.29, 0.717) is 16.9 Å². The number of ether oxygens (including phenoxy) is 1. The highest BCUT2D eigenvalue weighted by Crippen LogP contribution is 2.07. The van der Waals surface area contributed by atoms with Crippen molar-refractivity contribution in [2.45, 2.75) is 20.5 Å². The third-order valence-electron chi connectivity index (χ3n) is 3.50. The molecule has 23 heavy (non-hydrogen) atoms. The molecule has 0 aliphatic carbocycles. The Morgan fingerprint density at radius 3 is 2.52 bits per heavy atom. The molecule has 2 heterocycles. The molecule has 0 saturated carbocycles. The lowest BCUT2D eigenvalue weighted by molar-refractivity contribution is 0.0467. The van der Waals surface area contributed by atoms with Crippen molar-refractivity contribution in [3.8, 4) is 0 Å². The molecule has 0 aliphatic heterocycles. The number of benzene rings is 1. The van der Waals surface area contributed by atoms with Gasteiger partial charge < -0.3 is 4.74 Å². The Hall–Kier alpha value is -2.95. The summed E-state index contributed by atoms with van der Waals surface area (Å²) in [7, 11) is 0. The average molecular weight is 308 g/mol. The minimum atomic E-state index is -0.434. The predicted octanol–water partition coefficient (Wildman–Crippen LogP) is 2.67. The molecule has 0 atom stereocenters. The van der Waals surface area contributed by atoms with Gasteiger partial charge in [0.1, 0.15) is 12.3 Å². The minimum Gasteiger partial charge on any atom is -0.456 e. The third-order valence-corrected chi connectivity index (χ3v) is 3.50. The molecule has 0 fully saturated rings. The molecule has 3 aromatic rings. The van der Waals surface area contributed by atoms with Gasteiger partial charge in [-0.05, 0) is 37.6 Å². The SMILES string of the molecule is Cc1ccc(C(=O)OCc2cc(=O)n3cc(C)ccc3n2)cc1. The molecule has 3 rings (SSSR count). The fourth-order valence-corrected chi connectivity index (χ4v) is 2.24. The van der Waals surface area contributed by atoms with Crippen molar-refractivity contribution in [2.24, 2.45) is 0 Å². The van der Waals surface area contributed by atoms with Crippen LogP contribution in [0.2, 0.25) is 0 Å². The van der Waals surface area contributed by atoms with Crippen LogP contribution in [0.4, 0.5) is 0 Å². The summed E-state index contributed by atoms with van der Waals surface area (Å²) < 4.78 is 6.70. The standard InChI is InChI=1S/C18H16N2O3/c1-12-3-6-14(7-4-12)18(22)23-11-15-9-17(21)20-10-13(2)5-8-16(20)19-15/h3-10H,11H2,1-2H3. The summed E-state index contributed by atoms with van der Waals surface area (Å²) >= 11 is 0. The van der Waals surface area contributed by atoms with Gasteiger partial charge in [-0.25, -0.2) is 9.78 Å².